The van der Waals surface area contributed by atoms with Crippen LogP contribution in [0, 0.1) is 0 Å². The van der Waals surface area contributed by atoms with Crippen molar-refractivity contribution in [1.29, 1.82) is 0 Å². The number of aryl methyl sites for hydroxylation is 1. The molecule has 2 aromatic carbocycles. The van der Waals surface area contributed by atoms with E-state index in [0.717, 1.165) is 15.2 Å². The lowest BCUT2D eigenvalue weighted by molar-refractivity contribution is -0.118. The first-order valence-corrected chi connectivity index (χ1v) is 11.2. The van der Waals surface area contributed by atoms with Gasteiger partial charge in [-0.25, -0.2) is 12.7 Å². The van der Waals surface area contributed by atoms with E-state index in [0.29, 0.717) is 0 Å². The van der Waals surface area contributed by atoms with Crippen LogP contribution in [0.5, 0.6) is 17.2 Å². The molecule has 9 nitrogen and oxygen atoms in total. The predicted molar refractivity (Wildman–Crippen MR) is 122 cm³/mol. The number of rotatable bonds is 8. The standard InChI is InChI=1S/C22H27N3O6S/c1-14(23-2)22(26)25(16-12-19(29-4)21(31-6)20(13-16)30-5)32(27,28)17-7-8-18-15(11-17)9-10-24(18)3/h7-14,23H,1-6H3. The van der Waals surface area contributed by atoms with Crippen LogP contribution in [0.4, 0.5) is 5.69 Å². The molecule has 32 heavy (non-hydrogen) atoms. The molecule has 1 heterocycles. The van der Waals surface area contributed by atoms with Crippen molar-refractivity contribution in [3.05, 3.63) is 42.6 Å². The zero-order chi connectivity index (χ0) is 23.6. The second-order valence-electron chi connectivity index (χ2n) is 7.15. The maximum absolute atomic E-state index is 13.8. The van der Waals surface area contributed by atoms with Gasteiger partial charge in [-0.05, 0) is 38.2 Å². The summed E-state index contributed by atoms with van der Waals surface area (Å²) in [6, 6.07) is 8.65. The van der Waals surface area contributed by atoms with Crippen molar-refractivity contribution in [2.45, 2.75) is 17.9 Å². The van der Waals surface area contributed by atoms with Gasteiger partial charge in [0.1, 0.15) is 0 Å². The average molecular weight is 462 g/mol. The number of amides is 1. The van der Waals surface area contributed by atoms with E-state index in [2.05, 4.69) is 5.32 Å². The Bertz CT molecular complexity index is 1230. The Kier molecular flexibility index (Phi) is 6.65. The molecule has 1 amide bonds. The maximum atomic E-state index is 13.8. The summed E-state index contributed by atoms with van der Waals surface area (Å²) in [5.41, 5.74) is 0.943. The highest BCUT2D eigenvalue weighted by atomic mass is 32.2. The van der Waals surface area contributed by atoms with Gasteiger partial charge in [-0.15, -0.1) is 0 Å². The number of hydrogen-bond acceptors (Lipinski definition) is 7. The Labute approximate surface area is 187 Å². The number of hydrogen-bond donors (Lipinski definition) is 1. The highest BCUT2D eigenvalue weighted by Crippen LogP contribution is 2.42. The van der Waals surface area contributed by atoms with Gasteiger partial charge < -0.3 is 24.1 Å². The van der Waals surface area contributed by atoms with E-state index in [1.54, 1.807) is 26.1 Å². The van der Waals surface area contributed by atoms with Gasteiger partial charge in [-0.2, -0.15) is 0 Å². The Balaban J connectivity index is 2.25. The molecule has 1 atom stereocenters. The molecular formula is C22H27N3O6S. The van der Waals surface area contributed by atoms with Crippen molar-refractivity contribution in [3.63, 3.8) is 0 Å². The van der Waals surface area contributed by atoms with Crippen LogP contribution in [0.1, 0.15) is 6.92 Å². The molecular weight excluding hydrogens is 434 g/mol. The van der Waals surface area contributed by atoms with Crippen molar-refractivity contribution in [1.82, 2.24) is 9.88 Å². The lowest BCUT2D eigenvalue weighted by Crippen LogP contribution is -2.46. The summed E-state index contributed by atoms with van der Waals surface area (Å²) < 4.78 is 46.2. The summed E-state index contributed by atoms with van der Waals surface area (Å²) in [7, 11) is 3.45. The van der Waals surface area contributed by atoms with E-state index < -0.39 is 22.0 Å². The largest absolute Gasteiger partial charge is 0.493 e. The summed E-state index contributed by atoms with van der Waals surface area (Å²) in [5.74, 6) is 0.0850. The number of aromatic nitrogens is 1. The maximum Gasteiger partial charge on any atom is 0.270 e. The molecule has 0 saturated carbocycles. The van der Waals surface area contributed by atoms with Gasteiger partial charge in [0.25, 0.3) is 15.9 Å². The van der Waals surface area contributed by atoms with Crippen LogP contribution in [0.15, 0.2) is 47.5 Å². The molecule has 0 radical (unpaired) electrons. The van der Waals surface area contributed by atoms with Gasteiger partial charge in [0.05, 0.1) is 38.0 Å². The normalized spacial score (nSPS) is 12.4. The summed E-state index contributed by atoms with van der Waals surface area (Å²) >= 11 is 0. The Morgan fingerprint density at radius 2 is 1.66 bits per heavy atom. The SMILES string of the molecule is CNC(C)C(=O)N(c1cc(OC)c(OC)c(OC)c1)S(=O)(=O)c1ccc2c(ccn2C)c1. The third-order valence-electron chi connectivity index (χ3n) is 5.28. The minimum Gasteiger partial charge on any atom is -0.493 e. The lowest BCUT2D eigenvalue weighted by Gasteiger charge is -2.26. The number of methoxy groups -OCH3 is 3. The highest BCUT2D eigenvalue weighted by molar-refractivity contribution is 7.93. The van der Waals surface area contributed by atoms with Crippen LogP contribution in [0.25, 0.3) is 10.9 Å². The quantitative estimate of drug-likeness (QED) is 0.550. The second-order valence-corrected chi connectivity index (χ2v) is 8.94. The number of carbonyl (C=O) groups is 1. The smallest absolute Gasteiger partial charge is 0.270 e. The summed E-state index contributed by atoms with van der Waals surface area (Å²) in [6.45, 7) is 1.59. The fourth-order valence-corrected chi connectivity index (χ4v) is 4.90. The first kappa shape index (κ1) is 23.4. The summed E-state index contributed by atoms with van der Waals surface area (Å²) in [4.78, 5) is 13.3. The van der Waals surface area contributed by atoms with Crippen LogP contribution in [-0.2, 0) is 21.9 Å². The molecule has 3 aromatic rings. The van der Waals surface area contributed by atoms with E-state index in [-0.39, 0.29) is 27.8 Å². The first-order valence-electron chi connectivity index (χ1n) is 9.81. The van der Waals surface area contributed by atoms with Gasteiger partial charge >= 0.3 is 0 Å². The van der Waals surface area contributed by atoms with E-state index in [9.17, 15) is 13.2 Å². The monoisotopic (exact) mass is 461 g/mol. The van der Waals surface area contributed by atoms with Gasteiger partial charge in [0.2, 0.25) is 5.75 Å². The van der Waals surface area contributed by atoms with Crippen LogP contribution in [0.2, 0.25) is 0 Å². The number of carbonyl (C=O) groups excluding carboxylic acids is 1. The third kappa shape index (κ3) is 3.98. The Morgan fingerprint density at radius 1 is 1.03 bits per heavy atom. The van der Waals surface area contributed by atoms with E-state index in [4.69, 9.17) is 14.2 Å². The second kappa shape index (κ2) is 9.09. The number of ether oxygens (including phenoxy) is 3. The van der Waals surface area contributed by atoms with Crippen LogP contribution in [-0.4, -0.2) is 53.3 Å². The minimum absolute atomic E-state index is 0.0124. The molecule has 1 N–H and O–H groups in total. The molecule has 1 unspecified atom stereocenters. The Morgan fingerprint density at radius 3 is 2.19 bits per heavy atom. The molecule has 172 valence electrons. The van der Waals surface area contributed by atoms with Crippen molar-refractivity contribution >= 4 is 32.5 Å². The van der Waals surface area contributed by atoms with Crippen LogP contribution < -0.4 is 23.8 Å². The minimum atomic E-state index is -4.28. The van der Waals surface area contributed by atoms with Crippen molar-refractivity contribution in [2.24, 2.45) is 7.05 Å². The van der Waals surface area contributed by atoms with Gasteiger partial charge in [0.15, 0.2) is 11.5 Å². The molecule has 1 aromatic heterocycles. The molecule has 0 aliphatic carbocycles. The fraction of sp³-hybridized carbons (Fsp3) is 0.318. The predicted octanol–water partition coefficient (Wildman–Crippen LogP) is 2.53. The van der Waals surface area contributed by atoms with E-state index >= 15 is 0 Å². The van der Waals surface area contributed by atoms with E-state index in [1.807, 2.05) is 23.9 Å². The third-order valence-corrected chi connectivity index (χ3v) is 7.00. The zero-order valence-corrected chi connectivity index (χ0v) is 19.7. The molecule has 0 fully saturated rings. The number of likely N-dealkylation sites (N-methyl/N-ethyl adjacent to an activating group) is 1. The van der Waals surface area contributed by atoms with E-state index in [1.165, 1.54) is 39.5 Å². The number of benzene rings is 2. The topological polar surface area (TPSA) is 99.1 Å². The van der Waals surface area contributed by atoms with Gasteiger partial charge in [0, 0.05) is 36.3 Å². The molecule has 10 heteroatoms. The van der Waals surface area contributed by atoms with Crippen molar-refractivity contribution in [3.8, 4) is 17.2 Å². The molecule has 0 aliphatic heterocycles. The molecule has 3 rings (SSSR count). The average Bonchev–Trinajstić information content (AvgIpc) is 3.17. The Hall–Kier alpha value is -3.24. The molecule has 0 spiro atoms. The number of sulfonamides is 1. The van der Waals surface area contributed by atoms with Crippen molar-refractivity contribution in [2.75, 3.05) is 32.7 Å². The number of nitrogens with one attached hydrogen (secondary N) is 1. The number of nitrogens with zero attached hydrogens (tertiary/aromatic N) is 2. The molecule has 0 bridgehead atoms. The first-order chi connectivity index (χ1) is 15.2. The lowest BCUT2D eigenvalue weighted by atomic mass is 10.2. The van der Waals surface area contributed by atoms with Gasteiger partial charge in [-0.3, -0.25) is 4.79 Å². The fourth-order valence-electron chi connectivity index (χ4n) is 3.39. The van der Waals surface area contributed by atoms with Crippen LogP contribution >= 0.6 is 0 Å². The summed E-state index contributed by atoms with van der Waals surface area (Å²) in [6.07, 6.45) is 1.84. The highest BCUT2D eigenvalue weighted by Gasteiger charge is 2.35. The number of fused-ring (bicyclic) bond motifs is 1. The van der Waals surface area contributed by atoms with Crippen LogP contribution in [0.3, 0.4) is 0 Å². The van der Waals surface area contributed by atoms with Gasteiger partial charge in [-0.1, -0.05) is 0 Å². The zero-order valence-electron chi connectivity index (χ0n) is 18.9. The molecule has 0 aliphatic rings. The molecule has 0 saturated heterocycles. The summed E-state index contributed by atoms with van der Waals surface area (Å²) in [5, 5.41) is 3.55. The van der Waals surface area contributed by atoms with Crippen molar-refractivity contribution < 1.29 is 27.4 Å². The number of anilines is 1.